The van der Waals surface area contributed by atoms with E-state index < -0.39 is 0 Å². The Kier molecular flexibility index (Phi) is 4.94. The van der Waals surface area contributed by atoms with Crippen LogP contribution in [-0.4, -0.2) is 37.6 Å². The van der Waals surface area contributed by atoms with Crippen molar-refractivity contribution in [3.05, 3.63) is 0 Å². The van der Waals surface area contributed by atoms with Crippen molar-refractivity contribution in [3.8, 4) is 0 Å². The summed E-state index contributed by atoms with van der Waals surface area (Å²) in [6, 6.07) is 0.714. The Morgan fingerprint density at radius 1 is 1.21 bits per heavy atom. The Labute approximate surface area is 120 Å². The average molecular weight is 266 g/mol. The van der Waals surface area contributed by atoms with Crippen LogP contribution in [0.25, 0.3) is 0 Å². The molecule has 2 fully saturated rings. The van der Waals surface area contributed by atoms with Crippen molar-refractivity contribution >= 4 is 0 Å². The van der Waals surface area contributed by atoms with E-state index in [2.05, 4.69) is 45.0 Å². The predicted octanol–water partition coefficient (Wildman–Crippen LogP) is 3.38. The number of nitrogens with zero attached hydrogens (tertiary/aromatic N) is 1. The topological polar surface area (TPSA) is 15.3 Å². The zero-order chi connectivity index (χ0) is 14.0. The van der Waals surface area contributed by atoms with Gasteiger partial charge in [-0.25, -0.2) is 0 Å². The van der Waals surface area contributed by atoms with Crippen LogP contribution >= 0.6 is 0 Å². The Balaban J connectivity index is 1.83. The summed E-state index contributed by atoms with van der Waals surface area (Å²) in [5.74, 6) is 2.82. The molecule has 1 N–H and O–H groups in total. The van der Waals surface area contributed by atoms with Gasteiger partial charge in [0.15, 0.2) is 0 Å². The van der Waals surface area contributed by atoms with Crippen LogP contribution in [0.2, 0.25) is 0 Å². The Morgan fingerprint density at radius 3 is 2.42 bits per heavy atom. The maximum Gasteiger partial charge on any atom is 0.0159 e. The molecule has 0 aromatic rings. The van der Waals surface area contributed by atoms with Crippen LogP contribution in [0.3, 0.4) is 0 Å². The van der Waals surface area contributed by atoms with Gasteiger partial charge in [0.25, 0.3) is 0 Å². The van der Waals surface area contributed by atoms with Crippen LogP contribution in [0.5, 0.6) is 0 Å². The molecular formula is C17H34N2. The number of rotatable bonds is 7. The summed E-state index contributed by atoms with van der Waals surface area (Å²) in [5, 5.41) is 3.83. The van der Waals surface area contributed by atoms with E-state index in [9.17, 15) is 0 Å². The summed E-state index contributed by atoms with van der Waals surface area (Å²) in [6.07, 6.45) is 5.48. The first kappa shape index (κ1) is 15.3. The van der Waals surface area contributed by atoms with E-state index in [0.717, 1.165) is 17.8 Å². The molecule has 0 aromatic carbocycles. The molecule has 112 valence electrons. The molecular weight excluding hydrogens is 232 g/mol. The molecule has 2 rings (SSSR count). The van der Waals surface area contributed by atoms with Gasteiger partial charge in [-0.3, -0.25) is 0 Å². The second-order valence-corrected chi connectivity index (χ2v) is 7.91. The summed E-state index contributed by atoms with van der Waals surface area (Å²) in [7, 11) is 2.33. The van der Waals surface area contributed by atoms with Gasteiger partial charge in [0.05, 0.1) is 0 Å². The van der Waals surface area contributed by atoms with Crippen molar-refractivity contribution < 1.29 is 0 Å². The standard InChI is InChI=1S/C17H34N2/c1-6-9-18-16-14(7-8-17(16,3)4)11-19(5)12-15-10-13(15)2/h13-16,18H,6-12H2,1-5H3. The van der Waals surface area contributed by atoms with Crippen molar-refractivity contribution in [1.29, 1.82) is 0 Å². The van der Waals surface area contributed by atoms with E-state index in [4.69, 9.17) is 0 Å². The Hall–Kier alpha value is -0.0800. The van der Waals surface area contributed by atoms with Gasteiger partial charge in [-0.2, -0.15) is 0 Å². The lowest BCUT2D eigenvalue weighted by Crippen LogP contribution is -2.45. The maximum absolute atomic E-state index is 3.83. The van der Waals surface area contributed by atoms with Crippen LogP contribution in [0.4, 0.5) is 0 Å². The Morgan fingerprint density at radius 2 is 1.84 bits per heavy atom. The molecule has 0 spiro atoms. The van der Waals surface area contributed by atoms with Gasteiger partial charge in [0.1, 0.15) is 0 Å². The van der Waals surface area contributed by atoms with Gasteiger partial charge in [-0.05, 0) is 62.4 Å². The van der Waals surface area contributed by atoms with Crippen LogP contribution in [0, 0.1) is 23.2 Å². The lowest BCUT2D eigenvalue weighted by Gasteiger charge is -2.33. The van der Waals surface area contributed by atoms with E-state index in [1.807, 2.05) is 0 Å². The maximum atomic E-state index is 3.83. The summed E-state index contributed by atoms with van der Waals surface area (Å²) in [5.41, 5.74) is 0.480. The van der Waals surface area contributed by atoms with E-state index >= 15 is 0 Å². The lowest BCUT2D eigenvalue weighted by atomic mass is 9.84. The van der Waals surface area contributed by atoms with Crippen LogP contribution in [-0.2, 0) is 0 Å². The highest BCUT2D eigenvalue weighted by Gasteiger charge is 2.42. The predicted molar refractivity (Wildman–Crippen MR) is 83.4 cm³/mol. The van der Waals surface area contributed by atoms with Gasteiger partial charge < -0.3 is 10.2 Å². The van der Waals surface area contributed by atoms with E-state index in [1.54, 1.807) is 0 Å². The Bertz CT molecular complexity index is 287. The fourth-order valence-electron chi connectivity index (χ4n) is 3.99. The molecule has 2 nitrogen and oxygen atoms in total. The molecule has 2 aliphatic rings. The molecule has 0 saturated heterocycles. The fourth-order valence-corrected chi connectivity index (χ4v) is 3.99. The zero-order valence-corrected chi connectivity index (χ0v) is 13.7. The second-order valence-electron chi connectivity index (χ2n) is 7.91. The van der Waals surface area contributed by atoms with Crippen LogP contribution < -0.4 is 5.32 Å². The van der Waals surface area contributed by atoms with E-state index in [0.29, 0.717) is 11.5 Å². The quantitative estimate of drug-likeness (QED) is 0.760. The average Bonchev–Trinajstić information content (AvgIpc) is 2.93. The molecule has 0 aliphatic heterocycles. The summed E-state index contributed by atoms with van der Waals surface area (Å²) < 4.78 is 0. The molecule has 0 amide bonds. The van der Waals surface area contributed by atoms with E-state index in [1.165, 1.54) is 45.3 Å². The SMILES string of the molecule is CCCNC1C(CN(C)CC2CC2C)CCC1(C)C. The van der Waals surface area contributed by atoms with Crippen molar-refractivity contribution in [2.24, 2.45) is 23.2 Å². The molecule has 0 heterocycles. The van der Waals surface area contributed by atoms with Gasteiger partial charge in [-0.15, -0.1) is 0 Å². The summed E-state index contributed by atoms with van der Waals surface area (Å²) in [4.78, 5) is 2.60. The summed E-state index contributed by atoms with van der Waals surface area (Å²) in [6.45, 7) is 13.3. The molecule has 0 aromatic heterocycles. The smallest absolute Gasteiger partial charge is 0.0159 e. The van der Waals surface area contributed by atoms with Gasteiger partial charge in [0.2, 0.25) is 0 Å². The van der Waals surface area contributed by atoms with Gasteiger partial charge in [0, 0.05) is 19.1 Å². The number of hydrogen-bond acceptors (Lipinski definition) is 2. The first-order valence-corrected chi connectivity index (χ1v) is 8.36. The van der Waals surface area contributed by atoms with Crippen LogP contribution in [0.1, 0.15) is 53.4 Å². The monoisotopic (exact) mass is 266 g/mol. The third kappa shape index (κ3) is 3.95. The molecule has 0 bridgehead atoms. The van der Waals surface area contributed by atoms with Crippen LogP contribution in [0.15, 0.2) is 0 Å². The zero-order valence-electron chi connectivity index (χ0n) is 13.7. The molecule has 19 heavy (non-hydrogen) atoms. The number of hydrogen-bond donors (Lipinski definition) is 1. The fraction of sp³-hybridized carbons (Fsp3) is 1.00. The third-order valence-electron chi connectivity index (χ3n) is 5.46. The molecule has 2 heteroatoms. The first-order chi connectivity index (χ1) is 8.94. The second kappa shape index (κ2) is 6.13. The molecule has 2 saturated carbocycles. The minimum Gasteiger partial charge on any atom is -0.313 e. The highest BCUT2D eigenvalue weighted by Crippen LogP contribution is 2.42. The minimum absolute atomic E-state index is 0.480. The van der Waals surface area contributed by atoms with Gasteiger partial charge >= 0.3 is 0 Å². The molecule has 4 unspecified atom stereocenters. The van der Waals surface area contributed by atoms with Crippen molar-refractivity contribution in [2.75, 3.05) is 26.7 Å². The highest BCUT2D eigenvalue weighted by molar-refractivity contribution is 4.97. The largest absolute Gasteiger partial charge is 0.313 e. The number of nitrogens with one attached hydrogen (secondary N) is 1. The van der Waals surface area contributed by atoms with E-state index in [-0.39, 0.29) is 0 Å². The molecule has 0 radical (unpaired) electrons. The minimum atomic E-state index is 0.480. The van der Waals surface area contributed by atoms with Crippen molar-refractivity contribution in [3.63, 3.8) is 0 Å². The molecule has 4 atom stereocenters. The summed E-state index contributed by atoms with van der Waals surface area (Å²) >= 11 is 0. The third-order valence-corrected chi connectivity index (χ3v) is 5.46. The molecule has 2 aliphatic carbocycles. The van der Waals surface area contributed by atoms with Gasteiger partial charge in [-0.1, -0.05) is 27.7 Å². The first-order valence-electron chi connectivity index (χ1n) is 8.36. The lowest BCUT2D eigenvalue weighted by molar-refractivity contribution is 0.199. The normalized spacial score (nSPS) is 36.9. The van der Waals surface area contributed by atoms with Crippen molar-refractivity contribution in [1.82, 2.24) is 10.2 Å². The van der Waals surface area contributed by atoms with Crippen molar-refractivity contribution in [2.45, 2.75) is 59.4 Å². The highest BCUT2D eigenvalue weighted by atomic mass is 15.1.